The summed E-state index contributed by atoms with van der Waals surface area (Å²) in [7, 11) is 3.13. The molecule has 32 heavy (non-hydrogen) atoms. The van der Waals surface area contributed by atoms with Gasteiger partial charge >= 0.3 is 0 Å². The molecule has 6 heteroatoms. The van der Waals surface area contributed by atoms with Gasteiger partial charge in [0, 0.05) is 10.6 Å². The van der Waals surface area contributed by atoms with Gasteiger partial charge in [-0.25, -0.2) is 0 Å². The first-order valence-corrected chi connectivity index (χ1v) is 10.5. The predicted molar refractivity (Wildman–Crippen MR) is 126 cm³/mol. The van der Waals surface area contributed by atoms with E-state index in [1.807, 2.05) is 44.2 Å². The molecule has 0 N–H and O–H groups in total. The van der Waals surface area contributed by atoms with E-state index in [4.69, 9.17) is 30.2 Å². The van der Waals surface area contributed by atoms with Gasteiger partial charge in [0.15, 0.2) is 17.3 Å². The molecule has 4 rings (SSSR count). The summed E-state index contributed by atoms with van der Waals surface area (Å²) < 4.78 is 23.1. The van der Waals surface area contributed by atoms with Gasteiger partial charge in [0.1, 0.15) is 12.2 Å². The lowest BCUT2D eigenvalue weighted by molar-refractivity contribution is 0.297. The minimum absolute atomic E-state index is 0.145. The van der Waals surface area contributed by atoms with Gasteiger partial charge in [-0.2, -0.15) is 0 Å². The Morgan fingerprint density at radius 3 is 2.31 bits per heavy atom. The maximum absolute atomic E-state index is 13.5. The van der Waals surface area contributed by atoms with E-state index < -0.39 is 0 Å². The molecule has 4 aromatic rings. The summed E-state index contributed by atoms with van der Waals surface area (Å²) in [5.74, 6) is 1.58. The lowest BCUT2D eigenvalue weighted by atomic mass is 10.0. The third kappa shape index (κ3) is 4.16. The van der Waals surface area contributed by atoms with Gasteiger partial charge in [-0.1, -0.05) is 29.8 Å². The van der Waals surface area contributed by atoms with Gasteiger partial charge in [0.05, 0.1) is 19.6 Å². The average Bonchev–Trinajstić information content (AvgIpc) is 2.78. The highest BCUT2D eigenvalue weighted by Crippen LogP contribution is 2.37. The van der Waals surface area contributed by atoms with E-state index >= 15 is 0 Å². The molecule has 0 bridgehead atoms. The molecule has 3 aromatic carbocycles. The van der Waals surface area contributed by atoms with E-state index in [1.54, 1.807) is 38.5 Å². The predicted octanol–water partition coefficient (Wildman–Crippen LogP) is 6.33. The Labute approximate surface area is 191 Å². The summed E-state index contributed by atoms with van der Waals surface area (Å²) in [6.07, 6.45) is 0. The molecule has 0 aliphatic rings. The highest BCUT2D eigenvalue weighted by Gasteiger charge is 2.21. The minimum Gasteiger partial charge on any atom is -0.493 e. The first kappa shape index (κ1) is 21.8. The average molecular weight is 451 g/mol. The van der Waals surface area contributed by atoms with E-state index in [1.165, 1.54) is 0 Å². The molecule has 0 saturated heterocycles. The first-order chi connectivity index (χ1) is 15.4. The molecule has 1 heterocycles. The van der Waals surface area contributed by atoms with Gasteiger partial charge in [0.2, 0.25) is 11.2 Å². The molecule has 164 valence electrons. The van der Waals surface area contributed by atoms with Crippen molar-refractivity contribution < 1.29 is 18.6 Å². The van der Waals surface area contributed by atoms with Crippen molar-refractivity contribution in [3.8, 4) is 28.6 Å². The molecule has 0 aliphatic carbocycles. The topological polar surface area (TPSA) is 57.9 Å². The number of halogens is 1. The molecule has 0 aliphatic heterocycles. The van der Waals surface area contributed by atoms with Gasteiger partial charge in [-0.3, -0.25) is 4.79 Å². The maximum atomic E-state index is 13.5. The Morgan fingerprint density at radius 2 is 1.62 bits per heavy atom. The Bertz CT molecular complexity index is 1340. The number of ether oxygens (including phenoxy) is 3. The van der Waals surface area contributed by atoms with Gasteiger partial charge in [-0.15, -0.1) is 0 Å². The Hall–Kier alpha value is -3.44. The zero-order valence-corrected chi connectivity index (χ0v) is 19.1. The number of rotatable bonds is 6. The number of benzene rings is 3. The van der Waals surface area contributed by atoms with Crippen LogP contribution >= 0.6 is 11.6 Å². The number of methoxy groups -OCH3 is 2. The molecule has 0 unspecified atom stereocenters. The van der Waals surface area contributed by atoms with Crippen molar-refractivity contribution in [1.82, 2.24) is 0 Å². The Kier molecular flexibility index (Phi) is 6.10. The fourth-order valence-electron chi connectivity index (χ4n) is 3.71. The summed E-state index contributed by atoms with van der Waals surface area (Å²) in [5.41, 5.74) is 3.66. The second kappa shape index (κ2) is 8.97. The van der Waals surface area contributed by atoms with Crippen molar-refractivity contribution in [2.75, 3.05) is 14.2 Å². The summed E-state index contributed by atoms with van der Waals surface area (Å²) in [6.45, 7) is 4.05. The highest BCUT2D eigenvalue weighted by atomic mass is 35.5. The van der Waals surface area contributed by atoms with Crippen molar-refractivity contribution >= 4 is 22.6 Å². The standard InChI is InChI=1S/C26H23ClO5/c1-15-11-16(2)23-22(12-15)32-25(18-7-10-20(29-3)21(13-18)30-4)26(24(23)28)31-14-17-5-8-19(27)9-6-17/h5-13H,14H2,1-4H3. The van der Waals surface area contributed by atoms with Crippen molar-refractivity contribution in [3.63, 3.8) is 0 Å². The summed E-state index contributed by atoms with van der Waals surface area (Å²) in [4.78, 5) is 13.5. The number of aryl methyl sites for hydroxylation is 2. The smallest absolute Gasteiger partial charge is 0.235 e. The Balaban J connectivity index is 1.90. The van der Waals surface area contributed by atoms with Gasteiger partial charge in [0.25, 0.3) is 0 Å². The highest BCUT2D eigenvalue weighted by molar-refractivity contribution is 6.30. The van der Waals surface area contributed by atoms with E-state index in [2.05, 4.69) is 0 Å². The van der Waals surface area contributed by atoms with Crippen LogP contribution in [0.3, 0.4) is 0 Å². The summed E-state index contributed by atoms with van der Waals surface area (Å²) in [6, 6.07) is 16.4. The van der Waals surface area contributed by atoms with Crippen LogP contribution in [0, 0.1) is 13.8 Å². The number of hydrogen-bond donors (Lipinski definition) is 0. The maximum Gasteiger partial charge on any atom is 0.235 e. The molecule has 0 amide bonds. The molecule has 0 radical (unpaired) electrons. The molecule has 0 spiro atoms. The monoisotopic (exact) mass is 450 g/mol. The van der Waals surface area contributed by atoms with E-state index in [0.717, 1.165) is 16.7 Å². The van der Waals surface area contributed by atoms with E-state index in [0.29, 0.717) is 38.8 Å². The van der Waals surface area contributed by atoms with Crippen LogP contribution in [0.5, 0.6) is 17.2 Å². The van der Waals surface area contributed by atoms with Crippen molar-refractivity contribution in [2.45, 2.75) is 20.5 Å². The molecular weight excluding hydrogens is 428 g/mol. The quantitative estimate of drug-likeness (QED) is 0.343. The SMILES string of the molecule is COc1ccc(-c2oc3cc(C)cc(C)c3c(=O)c2OCc2ccc(Cl)cc2)cc1OC. The second-order valence-electron chi connectivity index (χ2n) is 7.53. The zero-order chi connectivity index (χ0) is 22.8. The van der Waals surface area contributed by atoms with Crippen LogP contribution in [0.4, 0.5) is 0 Å². The third-order valence-corrected chi connectivity index (χ3v) is 5.49. The zero-order valence-electron chi connectivity index (χ0n) is 18.3. The number of hydrogen-bond acceptors (Lipinski definition) is 5. The van der Waals surface area contributed by atoms with Crippen LogP contribution < -0.4 is 19.6 Å². The molecular formula is C26H23ClO5. The van der Waals surface area contributed by atoms with Crippen LogP contribution in [-0.4, -0.2) is 14.2 Å². The van der Waals surface area contributed by atoms with E-state index in [-0.39, 0.29) is 17.8 Å². The van der Waals surface area contributed by atoms with Crippen LogP contribution in [0.2, 0.25) is 5.02 Å². The fourth-order valence-corrected chi connectivity index (χ4v) is 3.83. The van der Waals surface area contributed by atoms with Gasteiger partial charge < -0.3 is 18.6 Å². The van der Waals surface area contributed by atoms with Crippen molar-refractivity contribution in [3.05, 3.63) is 86.5 Å². The Morgan fingerprint density at radius 1 is 0.906 bits per heavy atom. The fraction of sp³-hybridized carbons (Fsp3) is 0.192. The summed E-state index contributed by atoms with van der Waals surface area (Å²) in [5, 5.41) is 1.14. The molecule has 0 fully saturated rings. The lowest BCUT2D eigenvalue weighted by Gasteiger charge is -2.15. The number of fused-ring (bicyclic) bond motifs is 1. The first-order valence-electron chi connectivity index (χ1n) is 10.1. The van der Waals surface area contributed by atoms with Crippen molar-refractivity contribution in [1.29, 1.82) is 0 Å². The van der Waals surface area contributed by atoms with Crippen LogP contribution in [0.15, 0.2) is 63.8 Å². The largest absolute Gasteiger partial charge is 0.493 e. The molecule has 1 aromatic heterocycles. The van der Waals surface area contributed by atoms with Crippen LogP contribution in [0.25, 0.3) is 22.3 Å². The summed E-state index contributed by atoms with van der Waals surface area (Å²) >= 11 is 5.98. The van der Waals surface area contributed by atoms with Crippen molar-refractivity contribution in [2.24, 2.45) is 0 Å². The second-order valence-corrected chi connectivity index (χ2v) is 7.97. The minimum atomic E-state index is -0.220. The van der Waals surface area contributed by atoms with Crippen LogP contribution in [-0.2, 0) is 6.61 Å². The lowest BCUT2D eigenvalue weighted by Crippen LogP contribution is -2.11. The normalized spacial score (nSPS) is 10.9. The van der Waals surface area contributed by atoms with Crippen LogP contribution in [0.1, 0.15) is 16.7 Å². The molecule has 0 saturated carbocycles. The molecule has 5 nitrogen and oxygen atoms in total. The van der Waals surface area contributed by atoms with Gasteiger partial charge in [-0.05, 0) is 66.9 Å². The third-order valence-electron chi connectivity index (χ3n) is 5.24. The van der Waals surface area contributed by atoms with E-state index in [9.17, 15) is 4.79 Å². The molecule has 0 atom stereocenters.